The molecule has 0 N–H and O–H groups in total. The third kappa shape index (κ3) is 4.03. The minimum atomic E-state index is 0.145. The zero-order chi connectivity index (χ0) is 36.2. The normalized spacial score (nSPS) is 29.8. The van der Waals surface area contributed by atoms with Crippen LogP contribution in [0.15, 0.2) is 137 Å². The van der Waals surface area contributed by atoms with E-state index in [1.807, 2.05) is 11.8 Å². The van der Waals surface area contributed by atoms with Crippen molar-refractivity contribution in [3.8, 4) is 11.1 Å². The van der Waals surface area contributed by atoms with Crippen LogP contribution in [0.25, 0.3) is 21.9 Å². The predicted octanol–water partition coefficient (Wildman–Crippen LogP) is 14.1. The van der Waals surface area contributed by atoms with Gasteiger partial charge in [-0.1, -0.05) is 118 Å². The average molecular weight is 720 g/mol. The second-order valence-electron chi connectivity index (χ2n) is 19.3. The average Bonchev–Trinajstić information content (AvgIpc) is 3.72. The number of nitrogens with zero attached hydrogens (tertiary/aromatic N) is 1. The van der Waals surface area contributed by atoms with E-state index in [-0.39, 0.29) is 16.2 Å². The second-order valence-corrected chi connectivity index (χ2v) is 20.4. The van der Waals surface area contributed by atoms with E-state index >= 15 is 0 Å². The first-order valence-corrected chi connectivity index (χ1v) is 21.4. The van der Waals surface area contributed by atoms with E-state index in [9.17, 15) is 0 Å². The van der Waals surface area contributed by atoms with Crippen molar-refractivity contribution in [3.63, 3.8) is 0 Å². The molecule has 12 rings (SSSR count). The Kier molecular flexibility index (Phi) is 6.36. The molecule has 6 unspecified atom stereocenters. The Morgan fingerprint density at radius 2 is 1.19 bits per heavy atom. The fourth-order valence-electron chi connectivity index (χ4n) is 13.5. The van der Waals surface area contributed by atoms with Gasteiger partial charge in [-0.2, -0.15) is 0 Å². The summed E-state index contributed by atoms with van der Waals surface area (Å²) >= 11 is 2.01. The van der Waals surface area contributed by atoms with Gasteiger partial charge in [-0.3, -0.25) is 0 Å². The molecular weight excluding hydrogens is 671 g/mol. The van der Waals surface area contributed by atoms with Gasteiger partial charge in [0.15, 0.2) is 0 Å². The van der Waals surface area contributed by atoms with Gasteiger partial charge in [0.1, 0.15) is 0 Å². The molecule has 4 fully saturated rings. The van der Waals surface area contributed by atoms with Gasteiger partial charge in [0.05, 0.1) is 0 Å². The monoisotopic (exact) mass is 719 g/mol. The van der Waals surface area contributed by atoms with Crippen molar-refractivity contribution in [3.05, 3.63) is 150 Å². The molecule has 4 saturated carbocycles. The quantitative estimate of drug-likeness (QED) is 0.178. The molecule has 5 aliphatic carbocycles. The molecule has 6 aromatic rings. The summed E-state index contributed by atoms with van der Waals surface area (Å²) in [6.07, 6.45) is 8.30. The lowest BCUT2D eigenvalue weighted by Gasteiger charge is -2.78. The van der Waals surface area contributed by atoms with Crippen molar-refractivity contribution in [1.29, 1.82) is 0 Å². The maximum absolute atomic E-state index is 2.64. The fourth-order valence-corrected chi connectivity index (χ4v) is 14.7. The highest BCUT2D eigenvalue weighted by Gasteiger charge is 2.84. The van der Waals surface area contributed by atoms with E-state index in [0.717, 1.165) is 23.7 Å². The largest absolute Gasteiger partial charge is 0.310 e. The molecule has 0 saturated heterocycles. The molecule has 6 aliphatic rings. The van der Waals surface area contributed by atoms with Crippen molar-refractivity contribution in [2.45, 2.75) is 92.3 Å². The van der Waals surface area contributed by atoms with Crippen molar-refractivity contribution < 1.29 is 0 Å². The van der Waals surface area contributed by atoms with Gasteiger partial charge < -0.3 is 4.90 Å². The Balaban J connectivity index is 0.998. The molecular formula is C52H49NS. The summed E-state index contributed by atoms with van der Waals surface area (Å²) in [5.74, 6) is 3.48. The van der Waals surface area contributed by atoms with E-state index in [2.05, 4.69) is 160 Å². The summed E-state index contributed by atoms with van der Waals surface area (Å²) in [4.78, 5) is 5.51. The lowest BCUT2D eigenvalue weighted by Crippen LogP contribution is -2.74. The van der Waals surface area contributed by atoms with Crippen LogP contribution in [0.5, 0.6) is 0 Å². The van der Waals surface area contributed by atoms with Gasteiger partial charge in [-0.25, -0.2) is 0 Å². The van der Waals surface area contributed by atoms with E-state index in [1.54, 1.807) is 11.1 Å². The van der Waals surface area contributed by atoms with Crippen molar-refractivity contribution >= 4 is 39.6 Å². The molecule has 1 heterocycles. The van der Waals surface area contributed by atoms with E-state index in [4.69, 9.17) is 0 Å². The summed E-state index contributed by atoms with van der Waals surface area (Å²) in [5, 5.41) is 2.56. The Morgan fingerprint density at radius 1 is 0.519 bits per heavy atom. The molecule has 0 amide bonds. The van der Waals surface area contributed by atoms with Gasteiger partial charge in [0.25, 0.3) is 0 Å². The zero-order valence-corrected chi connectivity index (χ0v) is 32.8. The summed E-state index contributed by atoms with van der Waals surface area (Å²) in [6, 6.07) is 49.5. The van der Waals surface area contributed by atoms with Crippen LogP contribution in [0.3, 0.4) is 0 Å². The standard InChI is InChI=1S/C52H49NS/c1-49(2)23-24-50(3,4)43-28-36(16-21-41(43)49)34-13-17-38(18-14-34)53(39-19-15-33-9-5-6-10-35(33)27-39)40-20-22-46-44(30-40)52(42-11-7-8-12-45(42)54-46)47-26-32-25-37-29-48(52)51(37,47)31-32/h5-22,27-28,30,32,37,47-48H,23-26,29,31H2,1-4H3. The highest BCUT2D eigenvalue weighted by atomic mass is 32.2. The zero-order valence-electron chi connectivity index (χ0n) is 32.0. The first-order chi connectivity index (χ1) is 26.2. The number of rotatable bonds is 4. The predicted molar refractivity (Wildman–Crippen MR) is 226 cm³/mol. The van der Waals surface area contributed by atoms with Gasteiger partial charge in [0, 0.05) is 32.3 Å². The van der Waals surface area contributed by atoms with Crippen LogP contribution in [0.2, 0.25) is 0 Å². The lowest BCUT2D eigenvalue weighted by atomic mass is 9.26. The van der Waals surface area contributed by atoms with Crippen LogP contribution in [0, 0.1) is 29.1 Å². The smallest absolute Gasteiger partial charge is 0.0468 e. The second kappa shape index (κ2) is 10.7. The van der Waals surface area contributed by atoms with Gasteiger partial charge in [0.2, 0.25) is 0 Å². The Labute approximate surface area is 325 Å². The van der Waals surface area contributed by atoms with Crippen LogP contribution >= 0.6 is 11.8 Å². The first-order valence-electron chi connectivity index (χ1n) is 20.6. The molecule has 6 atom stereocenters. The van der Waals surface area contributed by atoms with Crippen LogP contribution in [-0.4, -0.2) is 0 Å². The Bertz CT molecular complexity index is 2540. The molecule has 54 heavy (non-hydrogen) atoms. The van der Waals surface area contributed by atoms with Gasteiger partial charge >= 0.3 is 0 Å². The molecule has 2 spiro atoms. The van der Waals surface area contributed by atoms with Crippen molar-refractivity contribution in [2.24, 2.45) is 29.1 Å². The first kappa shape index (κ1) is 32.0. The highest BCUT2D eigenvalue weighted by Crippen LogP contribution is 2.89. The highest BCUT2D eigenvalue weighted by molar-refractivity contribution is 7.99. The van der Waals surface area contributed by atoms with Crippen molar-refractivity contribution in [1.82, 2.24) is 0 Å². The number of anilines is 3. The minimum Gasteiger partial charge on any atom is -0.310 e. The SMILES string of the molecule is CC1(C)CCC(C)(C)c2cc(-c3ccc(N(c4ccc5c(c4)C4(c6ccccc6S5)C5CC6CC7CC4C75C6)c4ccc5ccccc5c4)cc3)ccc21. The van der Waals surface area contributed by atoms with E-state index < -0.39 is 0 Å². The molecule has 2 bridgehead atoms. The van der Waals surface area contributed by atoms with E-state index in [1.165, 1.54) is 98.4 Å². The molecule has 6 aromatic carbocycles. The third-order valence-corrected chi connectivity index (χ3v) is 17.2. The number of benzene rings is 6. The minimum absolute atomic E-state index is 0.145. The van der Waals surface area contributed by atoms with Crippen LogP contribution in [0.1, 0.15) is 88.5 Å². The Hall–Kier alpha value is -4.27. The number of hydrogen-bond donors (Lipinski definition) is 0. The van der Waals surface area contributed by atoms with Crippen LogP contribution in [-0.2, 0) is 16.2 Å². The fraction of sp³-hybridized carbons (Fsp3) is 0.346. The molecule has 268 valence electrons. The summed E-state index contributed by atoms with van der Waals surface area (Å²) in [5.41, 5.74) is 13.7. The topological polar surface area (TPSA) is 3.24 Å². The lowest BCUT2D eigenvalue weighted by molar-refractivity contribution is -0.235. The van der Waals surface area contributed by atoms with Crippen LogP contribution in [0.4, 0.5) is 17.1 Å². The summed E-state index contributed by atoms with van der Waals surface area (Å²) in [7, 11) is 0. The number of fused-ring (bicyclic) bond motifs is 9. The molecule has 0 aromatic heterocycles. The molecule has 2 heteroatoms. The van der Waals surface area contributed by atoms with E-state index in [0.29, 0.717) is 5.41 Å². The maximum Gasteiger partial charge on any atom is 0.0468 e. The molecule has 1 aliphatic heterocycles. The van der Waals surface area contributed by atoms with Crippen LogP contribution < -0.4 is 4.90 Å². The third-order valence-electron chi connectivity index (χ3n) is 16.0. The molecule has 1 nitrogen and oxygen atoms in total. The van der Waals surface area contributed by atoms with Gasteiger partial charge in [-0.05, 0) is 171 Å². The molecule has 0 radical (unpaired) electrons. The number of hydrogen-bond acceptors (Lipinski definition) is 2. The van der Waals surface area contributed by atoms with Gasteiger partial charge in [-0.15, -0.1) is 0 Å². The summed E-state index contributed by atoms with van der Waals surface area (Å²) in [6.45, 7) is 9.69. The maximum atomic E-state index is 2.64. The van der Waals surface area contributed by atoms with Crippen molar-refractivity contribution in [2.75, 3.05) is 4.90 Å². The Morgan fingerprint density at radius 3 is 2.02 bits per heavy atom. The summed E-state index contributed by atoms with van der Waals surface area (Å²) < 4.78 is 0.